The molecule has 1 saturated carbocycles. The number of amides is 1. The van der Waals surface area contributed by atoms with Crippen LogP contribution in [0.2, 0.25) is 0 Å². The molecule has 2 fully saturated rings. The summed E-state index contributed by atoms with van der Waals surface area (Å²) in [5, 5.41) is 12.4. The predicted octanol–water partition coefficient (Wildman–Crippen LogP) is 3.95. The number of carbonyl (C=O) groups is 1. The highest BCUT2D eigenvalue weighted by atomic mass is 32.1. The third-order valence-electron chi connectivity index (χ3n) is 4.88. The first-order valence-electron chi connectivity index (χ1n) is 8.34. The first kappa shape index (κ1) is 15.0. The van der Waals surface area contributed by atoms with E-state index in [-0.39, 0.29) is 11.9 Å². The van der Waals surface area contributed by atoms with Gasteiger partial charge < -0.3 is 14.4 Å². The van der Waals surface area contributed by atoms with Crippen LogP contribution in [0.4, 0.5) is 0 Å². The molecule has 1 amide bonds. The van der Waals surface area contributed by atoms with Gasteiger partial charge in [0.05, 0.1) is 17.9 Å². The van der Waals surface area contributed by atoms with E-state index >= 15 is 0 Å². The lowest BCUT2D eigenvalue weighted by atomic mass is 10.0. The zero-order valence-corrected chi connectivity index (χ0v) is 13.8. The summed E-state index contributed by atoms with van der Waals surface area (Å²) in [4.78, 5) is 15.8. The normalized spacial score (nSPS) is 22.5. The highest BCUT2D eigenvalue weighted by Gasteiger charge is 2.36. The van der Waals surface area contributed by atoms with E-state index in [4.69, 9.17) is 4.42 Å². The first-order chi connectivity index (χ1) is 11.2. The minimum Gasteiger partial charge on any atom is -0.468 e. The topological polar surface area (TPSA) is 53.7 Å². The molecule has 3 heterocycles. The predicted molar refractivity (Wildman–Crippen MR) is 88.6 cm³/mol. The molecule has 0 unspecified atom stereocenters. The van der Waals surface area contributed by atoms with Crippen LogP contribution < -0.4 is 0 Å². The third-order valence-corrected chi connectivity index (χ3v) is 5.85. The fourth-order valence-electron chi connectivity index (χ4n) is 3.52. The first-order valence-corrected chi connectivity index (χ1v) is 9.22. The highest BCUT2D eigenvalue weighted by molar-refractivity contribution is 7.10. The fraction of sp³-hybridized carbons (Fsp3) is 0.500. The van der Waals surface area contributed by atoms with Gasteiger partial charge in [-0.25, -0.2) is 0 Å². The number of rotatable bonds is 5. The van der Waals surface area contributed by atoms with E-state index < -0.39 is 6.10 Å². The largest absolute Gasteiger partial charge is 0.468 e. The molecule has 5 heteroatoms. The van der Waals surface area contributed by atoms with Crippen LogP contribution in [0.5, 0.6) is 0 Å². The molecular weight excluding hydrogens is 310 g/mol. The van der Waals surface area contributed by atoms with Crippen molar-refractivity contribution < 1.29 is 14.3 Å². The molecule has 122 valence electrons. The highest BCUT2D eigenvalue weighted by Crippen LogP contribution is 2.42. The molecule has 2 aromatic heterocycles. The lowest BCUT2D eigenvalue weighted by Crippen LogP contribution is -2.36. The Hall–Kier alpha value is -1.59. The van der Waals surface area contributed by atoms with E-state index in [2.05, 4.69) is 0 Å². The molecule has 0 radical (unpaired) electrons. The second-order valence-corrected chi connectivity index (χ2v) is 7.51. The molecule has 0 aromatic carbocycles. The van der Waals surface area contributed by atoms with E-state index in [0.29, 0.717) is 12.3 Å². The van der Waals surface area contributed by atoms with Gasteiger partial charge in [0, 0.05) is 23.4 Å². The van der Waals surface area contributed by atoms with Crippen LogP contribution in [0.15, 0.2) is 34.3 Å². The number of carbonyl (C=O) groups excluding carboxylic acids is 1. The summed E-state index contributed by atoms with van der Waals surface area (Å²) in [6, 6.07) is 5.83. The van der Waals surface area contributed by atoms with Crippen molar-refractivity contribution in [3.8, 4) is 0 Å². The van der Waals surface area contributed by atoms with Crippen molar-refractivity contribution >= 4 is 17.2 Å². The second kappa shape index (κ2) is 6.13. The standard InChI is InChI=1S/C18H21NO3S/c20-15(16-4-2-10-23-16)11-13-3-1-8-19(13)18(21)14-7-9-22-17(14)12-5-6-12/h2,4,7,9-10,12-13,15,20H,1,3,5-6,8,11H2/t13-,15+/m0/s1. The van der Waals surface area contributed by atoms with Crippen LogP contribution in [0.25, 0.3) is 0 Å². The number of nitrogens with zero attached hydrogens (tertiary/aromatic N) is 1. The Labute approximate surface area is 139 Å². The van der Waals surface area contributed by atoms with Crippen molar-refractivity contribution in [1.82, 2.24) is 4.90 Å². The molecule has 4 rings (SSSR count). The molecule has 23 heavy (non-hydrogen) atoms. The van der Waals surface area contributed by atoms with E-state index in [0.717, 1.165) is 48.4 Å². The Bertz CT molecular complexity index is 674. The molecule has 2 aliphatic rings. The summed E-state index contributed by atoms with van der Waals surface area (Å²) in [5.74, 6) is 1.36. The van der Waals surface area contributed by atoms with Gasteiger partial charge in [-0.05, 0) is 49.6 Å². The van der Waals surface area contributed by atoms with Crippen molar-refractivity contribution in [3.05, 3.63) is 46.0 Å². The lowest BCUT2D eigenvalue weighted by molar-refractivity contribution is 0.0668. The van der Waals surface area contributed by atoms with Gasteiger partial charge in [0.2, 0.25) is 0 Å². The zero-order valence-electron chi connectivity index (χ0n) is 13.0. The minimum atomic E-state index is -0.486. The van der Waals surface area contributed by atoms with E-state index in [1.54, 1.807) is 23.7 Å². The van der Waals surface area contributed by atoms with Crippen LogP contribution in [-0.4, -0.2) is 28.5 Å². The SMILES string of the molecule is O=C(c1ccoc1C1CC1)N1CCC[C@H]1C[C@@H](O)c1cccs1. The Morgan fingerprint density at radius 2 is 2.26 bits per heavy atom. The van der Waals surface area contributed by atoms with Crippen molar-refractivity contribution in [2.75, 3.05) is 6.54 Å². The minimum absolute atomic E-state index is 0.0709. The Morgan fingerprint density at radius 3 is 3.00 bits per heavy atom. The average molecular weight is 331 g/mol. The average Bonchev–Trinajstić information content (AvgIpc) is 3.03. The number of furan rings is 1. The number of aliphatic hydroxyl groups is 1. The molecule has 1 aliphatic heterocycles. The van der Waals surface area contributed by atoms with E-state index in [1.165, 1.54) is 0 Å². The smallest absolute Gasteiger partial charge is 0.257 e. The van der Waals surface area contributed by atoms with Crippen molar-refractivity contribution in [2.45, 2.75) is 50.2 Å². The number of hydrogen-bond acceptors (Lipinski definition) is 4. The Morgan fingerprint density at radius 1 is 1.39 bits per heavy atom. The third kappa shape index (κ3) is 2.95. The summed E-state index contributed by atoms with van der Waals surface area (Å²) in [6.07, 6.45) is 5.97. The maximum absolute atomic E-state index is 12.9. The summed E-state index contributed by atoms with van der Waals surface area (Å²) in [6.45, 7) is 0.774. The van der Waals surface area contributed by atoms with Gasteiger partial charge in [0.25, 0.3) is 5.91 Å². The zero-order chi connectivity index (χ0) is 15.8. The molecule has 1 N–H and O–H groups in total. The molecule has 1 saturated heterocycles. The van der Waals surface area contributed by atoms with Crippen LogP contribution in [0.1, 0.15) is 65.1 Å². The van der Waals surface area contributed by atoms with Gasteiger partial charge in [-0.2, -0.15) is 0 Å². The summed E-state index contributed by atoms with van der Waals surface area (Å²) < 4.78 is 5.55. The van der Waals surface area contributed by atoms with Crippen molar-refractivity contribution in [1.29, 1.82) is 0 Å². The Kier molecular flexibility index (Phi) is 3.99. The summed E-state index contributed by atoms with van der Waals surface area (Å²) >= 11 is 1.57. The molecule has 4 nitrogen and oxygen atoms in total. The number of thiophene rings is 1. The lowest BCUT2D eigenvalue weighted by Gasteiger charge is -2.26. The monoisotopic (exact) mass is 331 g/mol. The van der Waals surface area contributed by atoms with Gasteiger partial charge >= 0.3 is 0 Å². The summed E-state index contributed by atoms with van der Waals surface area (Å²) in [5.41, 5.74) is 0.727. The maximum Gasteiger partial charge on any atom is 0.257 e. The molecule has 0 bridgehead atoms. The quantitative estimate of drug-likeness (QED) is 0.902. The van der Waals surface area contributed by atoms with Crippen LogP contribution in [0.3, 0.4) is 0 Å². The van der Waals surface area contributed by atoms with Crippen LogP contribution in [-0.2, 0) is 0 Å². The van der Waals surface area contributed by atoms with E-state index in [9.17, 15) is 9.90 Å². The molecule has 2 aromatic rings. The molecule has 2 atom stereocenters. The van der Waals surface area contributed by atoms with Crippen LogP contribution in [0, 0.1) is 0 Å². The van der Waals surface area contributed by atoms with E-state index in [1.807, 2.05) is 22.4 Å². The van der Waals surface area contributed by atoms with Crippen molar-refractivity contribution in [3.63, 3.8) is 0 Å². The van der Waals surface area contributed by atoms with Gasteiger partial charge in [0.1, 0.15) is 5.76 Å². The van der Waals surface area contributed by atoms with Gasteiger partial charge in [-0.15, -0.1) is 11.3 Å². The molecule has 0 spiro atoms. The van der Waals surface area contributed by atoms with Gasteiger partial charge in [0.15, 0.2) is 0 Å². The number of likely N-dealkylation sites (tertiary alicyclic amines) is 1. The van der Waals surface area contributed by atoms with Gasteiger partial charge in [-0.3, -0.25) is 4.79 Å². The number of hydrogen-bond donors (Lipinski definition) is 1. The fourth-order valence-corrected chi connectivity index (χ4v) is 4.24. The second-order valence-electron chi connectivity index (χ2n) is 6.53. The Balaban J connectivity index is 1.48. The molecule has 1 aliphatic carbocycles. The van der Waals surface area contributed by atoms with Crippen LogP contribution >= 0.6 is 11.3 Å². The van der Waals surface area contributed by atoms with Gasteiger partial charge in [-0.1, -0.05) is 6.07 Å². The number of aliphatic hydroxyl groups excluding tert-OH is 1. The summed E-state index contributed by atoms with van der Waals surface area (Å²) in [7, 11) is 0. The molecular formula is C18H21NO3S. The maximum atomic E-state index is 12.9. The van der Waals surface area contributed by atoms with Crippen molar-refractivity contribution in [2.24, 2.45) is 0 Å².